The van der Waals surface area contributed by atoms with Crippen LogP contribution in [0.15, 0.2) is 200 Å². The molecule has 654 valence electrons. The Morgan fingerprint density at radius 1 is 0.210 bits per heavy atom. The summed E-state index contributed by atoms with van der Waals surface area (Å²) in [6.45, 7) is 90.7. The summed E-state index contributed by atoms with van der Waals surface area (Å²) in [5, 5.41) is 0. The lowest BCUT2D eigenvalue weighted by molar-refractivity contribution is 0.620. The maximum Gasteiger partial charge on any atom is 0.0626 e. The first-order chi connectivity index (χ1) is 57.3. The van der Waals surface area contributed by atoms with E-state index in [1.54, 1.807) is 34.7 Å². The molecular weight excluding hydrogens is 1430 g/mol. The third-order valence-corrected chi connectivity index (χ3v) is 21.8. The van der Waals surface area contributed by atoms with Crippen LogP contribution in [0.1, 0.15) is 434 Å². The Kier molecular flexibility index (Phi) is 48.5. The van der Waals surface area contributed by atoms with E-state index in [4.69, 9.17) is 5.48 Å². The fourth-order valence-corrected chi connectivity index (χ4v) is 16.3. The Morgan fingerprint density at radius 3 is 0.891 bits per heavy atom. The van der Waals surface area contributed by atoms with Crippen molar-refractivity contribution >= 4 is 0 Å². The van der Waals surface area contributed by atoms with Gasteiger partial charge in [-0.25, -0.2) is 0 Å². The predicted molar refractivity (Wildman–Crippen MR) is 541 cm³/mol. The number of aryl methyl sites for hydroxylation is 12. The normalized spacial score (nSPS) is 11.4. The fraction of sp³-hybridized carbons (Fsp3) is 0.496. The molecule has 0 aliphatic rings. The molecule has 0 unspecified atom stereocenters. The molecule has 0 spiro atoms. The van der Waals surface area contributed by atoms with Crippen LogP contribution in [0.2, 0.25) is 0 Å². The highest BCUT2D eigenvalue weighted by molar-refractivity contribution is 5.44. The van der Waals surface area contributed by atoms with E-state index in [0.29, 0.717) is 70.7 Å². The van der Waals surface area contributed by atoms with E-state index >= 15 is 0 Å². The van der Waals surface area contributed by atoms with E-state index in [0.717, 1.165) is 30.2 Å². The zero-order chi connectivity index (χ0) is 94.3. The summed E-state index contributed by atoms with van der Waals surface area (Å²) < 4.78 is 30.3. The second kappa shape index (κ2) is 56.7. The van der Waals surface area contributed by atoms with Crippen LogP contribution in [-0.4, -0.2) is 0 Å². The number of rotatable bonds is 18. The maximum absolute atomic E-state index is 7.71. The molecule has 0 aromatic heterocycles. The van der Waals surface area contributed by atoms with Gasteiger partial charge in [-0.2, -0.15) is 0 Å². The van der Waals surface area contributed by atoms with Gasteiger partial charge in [-0.05, 0) is 307 Å². The highest BCUT2D eigenvalue weighted by Crippen LogP contribution is 2.35. The van der Waals surface area contributed by atoms with Crippen LogP contribution in [-0.2, 0) is 25.7 Å². The fourth-order valence-electron chi connectivity index (χ4n) is 16.3. The van der Waals surface area contributed by atoms with Crippen molar-refractivity contribution in [2.75, 3.05) is 0 Å². The minimum absolute atomic E-state index is 0.0784. The van der Waals surface area contributed by atoms with Crippen molar-refractivity contribution in [3.8, 4) is 0 Å². The molecule has 0 amide bonds. The Hall–Kier alpha value is -7.80. The summed E-state index contributed by atoms with van der Waals surface area (Å²) in [5.74, 6) is 8.67. The molecule has 10 aromatic carbocycles. The monoisotopic (exact) mass is 1610 g/mol. The molecule has 0 saturated heterocycles. The molecule has 119 heavy (non-hydrogen) atoms. The van der Waals surface area contributed by atoms with Crippen LogP contribution < -0.4 is 0 Å². The van der Waals surface area contributed by atoms with Crippen molar-refractivity contribution in [1.82, 2.24) is 0 Å². The number of hydrogen-bond acceptors (Lipinski definition) is 0. The van der Waals surface area contributed by atoms with Gasteiger partial charge in [0, 0.05) is 0 Å². The van der Waals surface area contributed by atoms with Crippen LogP contribution in [0.3, 0.4) is 0 Å². The molecule has 0 heteroatoms. The van der Waals surface area contributed by atoms with Gasteiger partial charge in [0.25, 0.3) is 0 Å². The lowest BCUT2D eigenvalue weighted by Gasteiger charge is -2.22. The second-order valence-corrected chi connectivity index (χ2v) is 38.3. The van der Waals surface area contributed by atoms with Gasteiger partial charge in [0.2, 0.25) is 0 Å². The maximum atomic E-state index is 7.71. The minimum Gasteiger partial charge on any atom is -0.0625 e. The molecule has 0 fully saturated rings. The minimum atomic E-state index is -0.142. The number of hydrogen-bond donors (Lipinski definition) is 0. The molecule has 0 atom stereocenters. The number of benzene rings is 10. The summed E-state index contributed by atoms with van der Waals surface area (Å²) in [5.41, 5.74) is 38.0. The molecule has 0 aliphatic heterocycles. The highest BCUT2D eigenvalue weighted by atomic mass is 14.2. The summed E-state index contributed by atoms with van der Waals surface area (Å²) in [7, 11) is 0. The molecule has 0 nitrogen and oxygen atoms in total. The molecule has 0 N–H and O–H groups in total. The van der Waals surface area contributed by atoms with Crippen LogP contribution in [0.5, 0.6) is 0 Å². The van der Waals surface area contributed by atoms with Gasteiger partial charge in [0.05, 0.1) is 5.48 Å². The second-order valence-electron chi connectivity index (χ2n) is 38.3. The van der Waals surface area contributed by atoms with Gasteiger partial charge in [0.1, 0.15) is 0 Å². The van der Waals surface area contributed by atoms with Crippen LogP contribution in [0, 0.1) is 88.0 Å². The lowest BCUT2D eigenvalue weighted by atomic mass is 9.83. The largest absolute Gasteiger partial charge is 0.0626 e. The first-order valence-electron chi connectivity index (χ1n) is 48.1. The zero-order valence-electron chi connectivity index (χ0n) is 88.2. The smallest absolute Gasteiger partial charge is 0.0625 e. The van der Waals surface area contributed by atoms with Gasteiger partial charge in [-0.1, -0.05) is 436 Å². The van der Waals surface area contributed by atoms with Crippen LogP contribution >= 0.6 is 0 Å². The Labute approximate surface area is 743 Å². The Bertz CT molecular complexity index is 4490. The SMILES string of the molecule is CC(C)Cc1cccc(CC(C)C)c1C(C)C.CC(C)c1cccc(C(C)C)c1C(C)C.CC(C)c1ccccc1.CCc1cccc(CC)c1C(C)C.Cc1cc(C)c(C(C)C)c(C)c1.Cc1cc(C)cc(C(C)C)c1.Cc1ccc(C(C)C)cc1.Cc1ccc(C)c(C(C)C)c1.Cc1cccc(C)c1C(C)C.[2H]c1c([2H])c([2H])c(C(C)C)c(C)c1[2H]. The van der Waals surface area contributed by atoms with Crippen molar-refractivity contribution in [2.45, 2.75) is 381 Å². The predicted octanol–water partition coefficient (Wildman–Crippen LogP) is 37.3. The van der Waals surface area contributed by atoms with Crippen LogP contribution in [0.4, 0.5) is 0 Å². The molecule has 0 radical (unpaired) electrons. The third kappa shape index (κ3) is 40.6. The zero-order valence-corrected chi connectivity index (χ0v) is 84.2. The Balaban J connectivity index is 0.000000686. The van der Waals surface area contributed by atoms with E-state index in [1.165, 1.54) is 124 Å². The molecule has 0 aliphatic carbocycles. The van der Waals surface area contributed by atoms with E-state index < -0.39 is 0 Å². The molecule has 0 heterocycles. The van der Waals surface area contributed by atoms with Gasteiger partial charge in [0.15, 0.2) is 0 Å². The van der Waals surface area contributed by atoms with Crippen molar-refractivity contribution in [3.63, 3.8) is 0 Å². The van der Waals surface area contributed by atoms with Gasteiger partial charge in [-0.15, -0.1) is 0 Å². The van der Waals surface area contributed by atoms with E-state index in [1.807, 2.05) is 19.9 Å². The quantitative estimate of drug-likeness (QED) is 0.0803. The Morgan fingerprint density at radius 2 is 0.546 bits per heavy atom. The molecule has 0 bridgehead atoms. The summed E-state index contributed by atoms with van der Waals surface area (Å²) >= 11 is 0. The van der Waals surface area contributed by atoms with E-state index in [9.17, 15) is 0 Å². The van der Waals surface area contributed by atoms with Gasteiger partial charge < -0.3 is 0 Å². The lowest BCUT2D eigenvalue weighted by Crippen LogP contribution is -2.07. The average molecular weight is 1610 g/mol. The molecule has 10 aromatic rings. The average Bonchev–Trinajstić information content (AvgIpc) is 1.30. The standard InChI is InChI=1S/C17H28.C15H24.C13H20.C12H18.3C11H16.2C10H14.C9H12/c1-12(2)10-15-8-7-9-16(11-13(3)4)17(15)14(5)6;1-10(2)13-8-7-9-14(11(3)4)15(13)12(5)6;1-5-11-8-7-9-12(6-2)13(11)10(3)4;1-8(2)12-10(4)6-9(3)7-11(12)5;1-8(2)11-6-9(3)5-10(4)7-11;1-8(2)11-7-9(3)5-6-10(11)4;1-8(2)11-9(3)6-5-7-10(11)4;1-8(2)10-6-4-9(3)5-7-10;1-8(2)10-7-5-4-6-9(10)3;1-8(2)9-6-4-3-5-7-9/h7-9,12-14H,10-11H2,1-6H3;7-12H,1-6H3;7-10H,5-6H2,1-4H3;6-8H,1-5H3;3*5-8H,1-4H3;2*4-8H,1-3H3;3-8H,1-2H3/i;;;;;;;;4D,5D,6D,7D;. The van der Waals surface area contributed by atoms with Crippen molar-refractivity contribution < 1.29 is 5.48 Å². The van der Waals surface area contributed by atoms with Crippen molar-refractivity contribution in [2.24, 2.45) is 11.8 Å². The van der Waals surface area contributed by atoms with Crippen molar-refractivity contribution in [1.29, 1.82) is 0 Å². The first-order valence-corrected chi connectivity index (χ1v) is 46.1. The highest BCUT2D eigenvalue weighted by Gasteiger charge is 2.18. The summed E-state index contributed by atoms with van der Waals surface area (Å²) in [6.07, 6.45) is 4.72. The van der Waals surface area contributed by atoms with Gasteiger partial charge in [-0.3, -0.25) is 0 Å². The van der Waals surface area contributed by atoms with E-state index in [2.05, 4.69) is 433 Å². The molecule has 10 rings (SSSR count). The molecular formula is C119H178. The third-order valence-electron chi connectivity index (χ3n) is 21.8. The van der Waals surface area contributed by atoms with E-state index in [-0.39, 0.29) is 30.1 Å². The topological polar surface area (TPSA) is 0 Å². The van der Waals surface area contributed by atoms with Gasteiger partial charge >= 0.3 is 0 Å². The summed E-state index contributed by atoms with van der Waals surface area (Å²) in [6, 6.07) is 63.9. The first kappa shape index (κ1) is 102. The molecule has 0 saturated carbocycles. The van der Waals surface area contributed by atoms with Crippen molar-refractivity contribution in [3.05, 3.63) is 350 Å². The van der Waals surface area contributed by atoms with Crippen LogP contribution in [0.25, 0.3) is 0 Å². The summed E-state index contributed by atoms with van der Waals surface area (Å²) in [4.78, 5) is 0.